The molecule has 0 atom stereocenters. The molecule has 0 bridgehead atoms. The van der Waals surface area contributed by atoms with Crippen LogP contribution in [-0.2, 0) is 0 Å². The lowest BCUT2D eigenvalue weighted by molar-refractivity contribution is 0.415. The van der Waals surface area contributed by atoms with Gasteiger partial charge in [0.25, 0.3) is 0 Å². The molecule has 0 amide bonds. The highest BCUT2D eigenvalue weighted by Crippen LogP contribution is 2.31. The third-order valence-corrected chi connectivity index (χ3v) is 4.29. The maximum atomic E-state index is 6.15. The van der Waals surface area contributed by atoms with Crippen LogP contribution in [0.25, 0.3) is 28.3 Å². The molecule has 0 radical (unpaired) electrons. The zero-order chi connectivity index (χ0) is 18.1. The van der Waals surface area contributed by atoms with Crippen molar-refractivity contribution in [2.45, 2.75) is 0 Å². The van der Waals surface area contributed by atoms with E-state index in [1.807, 2.05) is 36.4 Å². The minimum absolute atomic E-state index is 0.565. The molecule has 0 aliphatic carbocycles. The summed E-state index contributed by atoms with van der Waals surface area (Å²) in [5.41, 5.74) is 3.12. The van der Waals surface area contributed by atoms with Crippen LogP contribution in [0.1, 0.15) is 0 Å². The number of methoxy groups -OCH3 is 2. The number of nitrogens with zero attached hydrogens (tertiary/aromatic N) is 4. The van der Waals surface area contributed by atoms with Crippen LogP contribution in [-0.4, -0.2) is 34.0 Å². The fourth-order valence-corrected chi connectivity index (χ4v) is 2.90. The first-order chi connectivity index (χ1) is 12.7. The van der Waals surface area contributed by atoms with Gasteiger partial charge in [0.2, 0.25) is 0 Å². The Morgan fingerprint density at radius 1 is 0.885 bits per heavy atom. The fraction of sp³-hybridized carbons (Fsp3) is 0.105. The summed E-state index contributed by atoms with van der Waals surface area (Å²) in [6.07, 6.45) is 0. The van der Waals surface area contributed by atoms with E-state index in [1.54, 1.807) is 36.9 Å². The molecule has 2 aromatic carbocycles. The number of ether oxygens (including phenoxy) is 2. The number of hydrogen-bond donors (Lipinski definition) is 0. The van der Waals surface area contributed by atoms with Gasteiger partial charge in [0.15, 0.2) is 11.5 Å². The molecular formula is C19H15ClN4O2. The zero-order valence-electron chi connectivity index (χ0n) is 14.2. The third kappa shape index (κ3) is 2.84. The summed E-state index contributed by atoms with van der Waals surface area (Å²) in [7, 11) is 3.24. The van der Waals surface area contributed by atoms with Gasteiger partial charge >= 0.3 is 0 Å². The highest BCUT2D eigenvalue weighted by atomic mass is 35.5. The molecule has 4 aromatic rings. The van der Waals surface area contributed by atoms with Gasteiger partial charge in [-0.3, -0.25) is 0 Å². The summed E-state index contributed by atoms with van der Waals surface area (Å²) >= 11 is 6.15. The fourth-order valence-electron chi connectivity index (χ4n) is 2.73. The van der Waals surface area contributed by atoms with Crippen molar-refractivity contribution in [2.24, 2.45) is 0 Å². The Kier molecular flexibility index (Phi) is 4.18. The molecule has 0 fully saturated rings. The van der Waals surface area contributed by atoms with E-state index in [0.29, 0.717) is 22.2 Å². The van der Waals surface area contributed by atoms with Gasteiger partial charge in [0.05, 0.1) is 25.5 Å². The van der Waals surface area contributed by atoms with Gasteiger partial charge in [0.1, 0.15) is 11.5 Å². The molecule has 7 heteroatoms. The molecule has 0 saturated carbocycles. The van der Waals surface area contributed by atoms with Gasteiger partial charge in [-0.25, -0.2) is 0 Å². The molecule has 0 aliphatic heterocycles. The molecule has 0 spiro atoms. The number of halogens is 1. The van der Waals surface area contributed by atoms with Crippen LogP contribution in [0.15, 0.2) is 54.6 Å². The molecule has 2 aromatic heterocycles. The summed E-state index contributed by atoms with van der Waals surface area (Å²) in [5.74, 6) is 2.01. The lowest BCUT2D eigenvalue weighted by Crippen LogP contribution is -1.98. The Balaban J connectivity index is 1.86. The topological polar surface area (TPSA) is 61.5 Å². The lowest BCUT2D eigenvalue weighted by atomic mass is 10.1. The van der Waals surface area contributed by atoms with Crippen molar-refractivity contribution in [2.75, 3.05) is 14.2 Å². The van der Waals surface area contributed by atoms with E-state index in [2.05, 4.69) is 10.2 Å². The maximum absolute atomic E-state index is 6.15. The third-order valence-electron chi connectivity index (χ3n) is 4.05. The molecule has 26 heavy (non-hydrogen) atoms. The monoisotopic (exact) mass is 366 g/mol. The van der Waals surface area contributed by atoms with Crippen LogP contribution < -0.4 is 9.47 Å². The summed E-state index contributed by atoms with van der Waals surface area (Å²) in [6.45, 7) is 0. The average Bonchev–Trinajstić information content (AvgIpc) is 3.11. The van der Waals surface area contributed by atoms with E-state index in [-0.39, 0.29) is 0 Å². The molecule has 0 saturated heterocycles. The first-order valence-corrected chi connectivity index (χ1v) is 8.28. The number of aromatic nitrogens is 4. The van der Waals surface area contributed by atoms with Gasteiger partial charge in [-0.15, -0.1) is 10.2 Å². The number of fused-ring (bicyclic) bond motifs is 1. The molecular weight excluding hydrogens is 352 g/mol. The summed E-state index contributed by atoms with van der Waals surface area (Å²) in [5, 5.41) is 13.7. The first-order valence-electron chi connectivity index (χ1n) is 7.90. The van der Waals surface area contributed by atoms with Crippen molar-refractivity contribution in [3.63, 3.8) is 0 Å². The summed E-state index contributed by atoms with van der Waals surface area (Å²) in [4.78, 5) is 0. The van der Waals surface area contributed by atoms with Gasteiger partial charge in [-0.2, -0.15) is 9.61 Å². The van der Waals surface area contributed by atoms with Crippen LogP contribution >= 0.6 is 11.6 Å². The second-order valence-corrected chi connectivity index (χ2v) is 6.02. The summed E-state index contributed by atoms with van der Waals surface area (Å²) < 4.78 is 12.3. The molecule has 4 rings (SSSR count). The van der Waals surface area contributed by atoms with E-state index >= 15 is 0 Å². The van der Waals surface area contributed by atoms with E-state index < -0.39 is 0 Å². The Morgan fingerprint density at radius 2 is 1.69 bits per heavy atom. The predicted octanol–water partition coefficient (Wildman–Crippen LogP) is 4.13. The van der Waals surface area contributed by atoms with Crippen LogP contribution in [0.4, 0.5) is 0 Å². The standard InChI is InChI=1S/C19H15ClN4O2/c1-25-14-6-3-12(4-7-14)16-8-10-18-21-22-19(24(18)23-16)15-11-13(20)5-9-17(15)26-2/h3-11H,1-2H3. The minimum atomic E-state index is 0.565. The average molecular weight is 367 g/mol. The molecule has 2 heterocycles. The number of rotatable bonds is 4. The molecule has 0 N–H and O–H groups in total. The van der Waals surface area contributed by atoms with Crippen LogP contribution in [0.2, 0.25) is 5.02 Å². The van der Waals surface area contributed by atoms with Crippen molar-refractivity contribution in [3.8, 4) is 34.1 Å². The zero-order valence-corrected chi connectivity index (χ0v) is 14.9. The Labute approximate surface area is 155 Å². The second kappa shape index (κ2) is 6.65. The van der Waals surface area contributed by atoms with Crippen molar-refractivity contribution < 1.29 is 9.47 Å². The van der Waals surface area contributed by atoms with Crippen LogP contribution in [0, 0.1) is 0 Å². The number of benzene rings is 2. The Bertz CT molecular complexity index is 1080. The Hall–Kier alpha value is -3.12. The molecule has 130 valence electrons. The second-order valence-electron chi connectivity index (χ2n) is 5.59. The van der Waals surface area contributed by atoms with Crippen molar-refractivity contribution in [1.82, 2.24) is 19.8 Å². The van der Waals surface area contributed by atoms with Crippen LogP contribution in [0.3, 0.4) is 0 Å². The summed E-state index contributed by atoms with van der Waals surface area (Å²) in [6, 6.07) is 16.8. The van der Waals surface area contributed by atoms with E-state index in [9.17, 15) is 0 Å². The Morgan fingerprint density at radius 3 is 2.42 bits per heavy atom. The van der Waals surface area contributed by atoms with E-state index in [0.717, 1.165) is 22.6 Å². The van der Waals surface area contributed by atoms with Gasteiger partial charge in [0, 0.05) is 10.6 Å². The highest BCUT2D eigenvalue weighted by Gasteiger charge is 2.15. The lowest BCUT2D eigenvalue weighted by Gasteiger charge is -2.08. The highest BCUT2D eigenvalue weighted by molar-refractivity contribution is 6.30. The van der Waals surface area contributed by atoms with Crippen molar-refractivity contribution in [3.05, 3.63) is 59.6 Å². The smallest absolute Gasteiger partial charge is 0.189 e. The van der Waals surface area contributed by atoms with Gasteiger partial charge in [-0.05, 0) is 54.6 Å². The van der Waals surface area contributed by atoms with Crippen LogP contribution in [0.5, 0.6) is 11.5 Å². The number of hydrogen-bond acceptors (Lipinski definition) is 5. The molecule has 6 nitrogen and oxygen atoms in total. The first kappa shape index (κ1) is 16.4. The molecule has 0 aliphatic rings. The SMILES string of the molecule is COc1ccc(-c2ccc3nnc(-c4cc(Cl)ccc4OC)n3n2)cc1. The van der Waals surface area contributed by atoms with E-state index in [1.165, 1.54) is 0 Å². The maximum Gasteiger partial charge on any atom is 0.189 e. The largest absolute Gasteiger partial charge is 0.497 e. The van der Waals surface area contributed by atoms with Gasteiger partial charge < -0.3 is 9.47 Å². The van der Waals surface area contributed by atoms with Crippen molar-refractivity contribution in [1.29, 1.82) is 0 Å². The van der Waals surface area contributed by atoms with E-state index in [4.69, 9.17) is 26.2 Å². The normalized spacial score (nSPS) is 10.9. The quantitative estimate of drug-likeness (QED) is 0.543. The molecule has 0 unspecified atom stereocenters. The van der Waals surface area contributed by atoms with Crippen molar-refractivity contribution >= 4 is 17.2 Å². The minimum Gasteiger partial charge on any atom is -0.497 e. The predicted molar refractivity (Wildman–Crippen MR) is 99.8 cm³/mol. The van der Waals surface area contributed by atoms with Gasteiger partial charge in [-0.1, -0.05) is 11.6 Å².